The Hall–Kier alpha value is -3.99. The van der Waals surface area contributed by atoms with Crippen LogP contribution in [0.1, 0.15) is 12.0 Å². The van der Waals surface area contributed by atoms with E-state index in [4.69, 9.17) is 9.47 Å². The zero-order valence-corrected chi connectivity index (χ0v) is 19.5. The van der Waals surface area contributed by atoms with Crippen molar-refractivity contribution in [1.29, 1.82) is 0 Å². The molecule has 1 aliphatic rings. The lowest BCUT2D eigenvalue weighted by molar-refractivity contribution is -0.385. The summed E-state index contributed by atoms with van der Waals surface area (Å²) in [7, 11) is 3.05. The highest BCUT2D eigenvalue weighted by atomic mass is 32.1. The normalized spacial score (nSPS) is 15.3. The fraction of sp³-hybridized carbons (Fsp3) is 0.261. The average Bonchev–Trinajstić information content (AvgIpc) is 3.45. The van der Waals surface area contributed by atoms with Gasteiger partial charge in [-0.05, 0) is 19.1 Å². The average molecular weight is 483 g/mol. The highest BCUT2D eigenvalue weighted by Gasteiger charge is 2.36. The molecule has 4 rings (SSSR count). The summed E-state index contributed by atoms with van der Waals surface area (Å²) in [5.41, 5.74) is 2.21. The topological polar surface area (TPSA) is 124 Å². The van der Waals surface area contributed by atoms with E-state index in [1.807, 2.05) is 0 Å². The standard InChI is InChI=1S/C23H22N4O6S/c1-13-4-5-14(8-18(13)27(30)31)17-12-34-23(24-17)25-22(29)15-9-21(28)26(11-15)19-10-16(32-2)6-7-20(19)33-3/h4-8,10,12,15H,9,11H2,1-3H3,(H,24,25,29). The maximum Gasteiger partial charge on any atom is 0.272 e. The zero-order valence-electron chi connectivity index (χ0n) is 18.7. The van der Waals surface area contributed by atoms with Gasteiger partial charge in [0.25, 0.3) is 5.69 Å². The number of nitro groups is 1. The molecule has 0 radical (unpaired) electrons. The van der Waals surface area contributed by atoms with Gasteiger partial charge >= 0.3 is 0 Å². The largest absolute Gasteiger partial charge is 0.497 e. The van der Waals surface area contributed by atoms with E-state index in [-0.39, 0.29) is 30.5 Å². The molecule has 1 aromatic heterocycles. The number of nitro benzene ring substituents is 1. The zero-order chi connectivity index (χ0) is 24.4. The van der Waals surface area contributed by atoms with Crippen LogP contribution in [0.5, 0.6) is 11.5 Å². The van der Waals surface area contributed by atoms with Crippen LogP contribution in [0.15, 0.2) is 41.8 Å². The third-order valence-electron chi connectivity index (χ3n) is 5.61. The molecule has 0 spiro atoms. The molecular weight excluding hydrogens is 460 g/mol. The molecule has 2 heterocycles. The second kappa shape index (κ2) is 9.48. The van der Waals surface area contributed by atoms with Crippen molar-refractivity contribution in [2.45, 2.75) is 13.3 Å². The van der Waals surface area contributed by atoms with Gasteiger partial charge in [-0.25, -0.2) is 4.98 Å². The number of nitrogens with one attached hydrogen (secondary N) is 1. The van der Waals surface area contributed by atoms with Crippen molar-refractivity contribution < 1.29 is 24.0 Å². The summed E-state index contributed by atoms with van der Waals surface area (Å²) in [6, 6.07) is 10.0. The molecule has 10 nitrogen and oxygen atoms in total. The van der Waals surface area contributed by atoms with E-state index >= 15 is 0 Å². The quantitative estimate of drug-likeness (QED) is 0.398. The first-order valence-electron chi connectivity index (χ1n) is 10.3. The number of aryl methyl sites for hydroxylation is 1. The summed E-state index contributed by atoms with van der Waals surface area (Å²) in [5, 5.41) is 16.1. The van der Waals surface area contributed by atoms with E-state index in [2.05, 4.69) is 10.3 Å². The van der Waals surface area contributed by atoms with Gasteiger partial charge in [0.15, 0.2) is 5.13 Å². The van der Waals surface area contributed by atoms with E-state index < -0.39 is 10.8 Å². The lowest BCUT2D eigenvalue weighted by atomic mass is 10.1. The molecule has 11 heteroatoms. The van der Waals surface area contributed by atoms with Gasteiger partial charge in [0.05, 0.1) is 36.4 Å². The molecule has 1 aliphatic heterocycles. The second-order valence-electron chi connectivity index (χ2n) is 7.73. The number of hydrogen-bond donors (Lipinski definition) is 1. The first kappa shape index (κ1) is 23.2. The fourth-order valence-corrected chi connectivity index (χ4v) is 4.48. The lowest BCUT2D eigenvalue weighted by Gasteiger charge is -2.20. The third kappa shape index (κ3) is 4.55. The molecule has 34 heavy (non-hydrogen) atoms. The number of rotatable bonds is 7. The number of ether oxygens (including phenoxy) is 2. The third-order valence-corrected chi connectivity index (χ3v) is 6.37. The maximum atomic E-state index is 12.9. The van der Waals surface area contributed by atoms with Gasteiger partial charge in [-0.3, -0.25) is 19.7 Å². The predicted octanol–water partition coefficient (Wildman–Crippen LogP) is 4.04. The number of anilines is 2. The van der Waals surface area contributed by atoms with Crippen LogP contribution in [0.2, 0.25) is 0 Å². The van der Waals surface area contributed by atoms with Crippen molar-refractivity contribution in [3.8, 4) is 22.8 Å². The summed E-state index contributed by atoms with van der Waals surface area (Å²) in [6.45, 7) is 1.86. The van der Waals surface area contributed by atoms with Crippen molar-refractivity contribution in [2.24, 2.45) is 5.92 Å². The predicted molar refractivity (Wildman–Crippen MR) is 128 cm³/mol. The number of methoxy groups -OCH3 is 2. The van der Waals surface area contributed by atoms with Gasteiger partial charge in [-0.1, -0.05) is 12.1 Å². The van der Waals surface area contributed by atoms with Crippen molar-refractivity contribution in [2.75, 3.05) is 31.0 Å². The van der Waals surface area contributed by atoms with E-state index in [0.29, 0.717) is 39.1 Å². The van der Waals surface area contributed by atoms with Gasteiger partial charge < -0.3 is 19.7 Å². The summed E-state index contributed by atoms with van der Waals surface area (Å²) in [4.78, 5) is 42.3. The molecule has 0 bridgehead atoms. The van der Waals surface area contributed by atoms with E-state index in [0.717, 1.165) is 0 Å². The van der Waals surface area contributed by atoms with Crippen LogP contribution in [-0.4, -0.2) is 42.5 Å². The Morgan fingerprint density at radius 1 is 1.24 bits per heavy atom. The monoisotopic (exact) mass is 482 g/mol. The minimum atomic E-state index is -0.573. The van der Waals surface area contributed by atoms with Crippen LogP contribution in [0, 0.1) is 23.0 Å². The fourth-order valence-electron chi connectivity index (χ4n) is 3.76. The van der Waals surface area contributed by atoms with Crippen LogP contribution in [0.4, 0.5) is 16.5 Å². The highest BCUT2D eigenvalue weighted by molar-refractivity contribution is 7.14. The molecule has 0 saturated carbocycles. The Labute approximate surface area is 199 Å². The van der Waals surface area contributed by atoms with Crippen LogP contribution < -0.4 is 19.7 Å². The van der Waals surface area contributed by atoms with Gasteiger partial charge in [0, 0.05) is 41.6 Å². The van der Waals surface area contributed by atoms with Crippen molar-refractivity contribution in [3.63, 3.8) is 0 Å². The minimum Gasteiger partial charge on any atom is -0.497 e. The number of carbonyl (C=O) groups excluding carboxylic acids is 2. The van der Waals surface area contributed by atoms with E-state index in [1.54, 1.807) is 42.6 Å². The molecule has 1 saturated heterocycles. The van der Waals surface area contributed by atoms with Gasteiger partial charge in [-0.2, -0.15) is 0 Å². The first-order valence-corrected chi connectivity index (χ1v) is 11.2. The van der Waals surface area contributed by atoms with Crippen molar-refractivity contribution >= 4 is 39.7 Å². The molecule has 1 fully saturated rings. The summed E-state index contributed by atoms with van der Waals surface area (Å²) in [5.74, 6) is -0.0154. The summed E-state index contributed by atoms with van der Waals surface area (Å²) < 4.78 is 10.6. The number of aromatic nitrogens is 1. The van der Waals surface area contributed by atoms with E-state index in [9.17, 15) is 19.7 Å². The molecule has 2 aromatic carbocycles. The number of nitrogens with zero attached hydrogens (tertiary/aromatic N) is 3. The smallest absolute Gasteiger partial charge is 0.272 e. The number of amides is 2. The second-order valence-corrected chi connectivity index (χ2v) is 8.59. The summed E-state index contributed by atoms with van der Waals surface area (Å²) >= 11 is 1.21. The number of benzene rings is 2. The molecular formula is C23H22N4O6S. The molecule has 1 unspecified atom stereocenters. The van der Waals surface area contributed by atoms with Crippen LogP contribution in [-0.2, 0) is 9.59 Å². The first-order chi connectivity index (χ1) is 16.3. The Morgan fingerprint density at radius 2 is 2.03 bits per heavy atom. The Morgan fingerprint density at radius 3 is 2.74 bits per heavy atom. The molecule has 0 aliphatic carbocycles. The maximum absolute atomic E-state index is 12.9. The molecule has 1 atom stereocenters. The van der Waals surface area contributed by atoms with Crippen molar-refractivity contribution in [3.05, 3.63) is 57.5 Å². The molecule has 1 N–H and O–H groups in total. The van der Waals surface area contributed by atoms with Crippen LogP contribution >= 0.6 is 11.3 Å². The molecule has 176 valence electrons. The number of hydrogen-bond acceptors (Lipinski definition) is 8. The van der Waals surface area contributed by atoms with Gasteiger partial charge in [0.2, 0.25) is 11.8 Å². The van der Waals surface area contributed by atoms with Crippen LogP contribution in [0.25, 0.3) is 11.3 Å². The van der Waals surface area contributed by atoms with Gasteiger partial charge in [0.1, 0.15) is 11.5 Å². The Kier molecular flexibility index (Phi) is 6.46. The van der Waals surface area contributed by atoms with E-state index in [1.165, 1.54) is 36.5 Å². The Bertz CT molecular complexity index is 1270. The Balaban J connectivity index is 1.48. The van der Waals surface area contributed by atoms with Crippen molar-refractivity contribution in [1.82, 2.24) is 4.98 Å². The minimum absolute atomic E-state index is 0.00798. The lowest BCUT2D eigenvalue weighted by Crippen LogP contribution is -2.28. The summed E-state index contributed by atoms with van der Waals surface area (Å²) in [6.07, 6.45) is 0.0502. The van der Waals surface area contributed by atoms with Gasteiger partial charge in [-0.15, -0.1) is 11.3 Å². The number of carbonyl (C=O) groups is 2. The molecule has 3 aromatic rings. The number of thiazole rings is 1. The SMILES string of the molecule is COc1ccc(OC)c(N2CC(C(=O)Nc3nc(-c4ccc(C)c([N+](=O)[O-])c4)cs3)CC2=O)c1. The van der Waals surface area contributed by atoms with Crippen LogP contribution in [0.3, 0.4) is 0 Å². The highest BCUT2D eigenvalue weighted by Crippen LogP contribution is 2.36. The molecule has 2 amide bonds.